The number of halogens is 1. The highest BCUT2D eigenvalue weighted by Gasteiger charge is 2.19. The fourth-order valence-electron chi connectivity index (χ4n) is 1.67. The van der Waals surface area contributed by atoms with Crippen molar-refractivity contribution in [3.63, 3.8) is 0 Å². The van der Waals surface area contributed by atoms with Crippen molar-refractivity contribution in [1.82, 2.24) is 0 Å². The molecular formula is C12H17ClO. The van der Waals surface area contributed by atoms with Crippen LogP contribution < -0.4 is 0 Å². The maximum absolute atomic E-state index is 10.0. The van der Waals surface area contributed by atoms with Gasteiger partial charge in [-0.3, -0.25) is 0 Å². The van der Waals surface area contributed by atoms with Crippen molar-refractivity contribution in [3.05, 3.63) is 34.9 Å². The second-order valence-corrected chi connectivity index (χ2v) is 4.49. The van der Waals surface area contributed by atoms with Crippen molar-refractivity contribution < 1.29 is 5.11 Å². The van der Waals surface area contributed by atoms with Crippen LogP contribution in [0.15, 0.2) is 24.3 Å². The van der Waals surface area contributed by atoms with Gasteiger partial charge in [0.15, 0.2) is 0 Å². The standard InChI is InChI=1S/C12H17ClO/c1-3-8-12(2,14)9-10-4-6-11(13)7-5-10/h4-7,14H,3,8-9H2,1-2H3. The zero-order valence-corrected chi connectivity index (χ0v) is 9.51. The minimum atomic E-state index is -0.595. The third-order valence-corrected chi connectivity index (χ3v) is 2.54. The molecule has 0 bridgehead atoms. The van der Waals surface area contributed by atoms with Gasteiger partial charge in [0.25, 0.3) is 0 Å². The van der Waals surface area contributed by atoms with E-state index in [-0.39, 0.29) is 0 Å². The molecule has 1 nitrogen and oxygen atoms in total. The van der Waals surface area contributed by atoms with Gasteiger partial charge in [0, 0.05) is 11.4 Å². The van der Waals surface area contributed by atoms with Crippen molar-refractivity contribution in [2.24, 2.45) is 0 Å². The van der Waals surface area contributed by atoms with E-state index < -0.39 is 5.60 Å². The first-order valence-electron chi connectivity index (χ1n) is 5.00. The van der Waals surface area contributed by atoms with Crippen molar-refractivity contribution >= 4 is 11.6 Å². The molecule has 0 aromatic heterocycles. The lowest BCUT2D eigenvalue weighted by Crippen LogP contribution is -2.26. The van der Waals surface area contributed by atoms with Crippen molar-refractivity contribution in [3.8, 4) is 0 Å². The first kappa shape index (κ1) is 11.5. The van der Waals surface area contributed by atoms with E-state index in [0.29, 0.717) is 6.42 Å². The van der Waals surface area contributed by atoms with E-state index in [1.165, 1.54) is 0 Å². The Balaban J connectivity index is 2.64. The molecule has 1 N–H and O–H groups in total. The average Bonchev–Trinajstić information content (AvgIpc) is 2.08. The van der Waals surface area contributed by atoms with Crippen LogP contribution in [0.3, 0.4) is 0 Å². The summed E-state index contributed by atoms with van der Waals surface area (Å²) in [5, 5.41) is 10.7. The topological polar surface area (TPSA) is 20.2 Å². The highest BCUT2D eigenvalue weighted by Crippen LogP contribution is 2.19. The van der Waals surface area contributed by atoms with E-state index in [1.54, 1.807) is 0 Å². The summed E-state index contributed by atoms with van der Waals surface area (Å²) in [6.45, 7) is 3.96. The van der Waals surface area contributed by atoms with Gasteiger partial charge in [-0.2, -0.15) is 0 Å². The summed E-state index contributed by atoms with van der Waals surface area (Å²) in [7, 11) is 0. The summed E-state index contributed by atoms with van der Waals surface area (Å²) in [5.74, 6) is 0. The normalized spacial score (nSPS) is 15.1. The second-order valence-electron chi connectivity index (χ2n) is 4.05. The van der Waals surface area contributed by atoms with Crippen LogP contribution in [0.4, 0.5) is 0 Å². The second kappa shape index (κ2) is 4.81. The molecule has 0 aliphatic carbocycles. The first-order valence-corrected chi connectivity index (χ1v) is 5.38. The van der Waals surface area contributed by atoms with Gasteiger partial charge in [-0.05, 0) is 31.0 Å². The minimum absolute atomic E-state index is 0.595. The van der Waals surface area contributed by atoms with Crippen LogP contribution >= 0.6 is 11.6 Å². The van der Waals surface area contributed by atoms with Gasteiger partial charge in [-0.1, -0.05) is 37.1 Å². The van der Waals surface area contributed by atoms with E-state index in [4.69, 9.17) is 11.6 Å². The molecule has 78 valence electrons. The highest BCUT2D eigenvalue weighted by molar-refractivity contribution is 6.30. The number of aliphatic hydroxyl groups is 1. The van der Waals surface area contributed by atoms with Crippen LogP contribution in [-0.4, -0.2) is 10.7 Å². The molecule has 0 spiro atoms. The molecule has 0 fully saturated rings. The molecule has 0 amide bonds. The first-order chi connectivity index (χ1) is 6.53. The van der Waals surface area contributed by atoms with Crippen LogP contribution in [0.1, 0.15) is 32.3 Å². The summed E-state index contributed by atoms with van der Waals surface area (Å²) >= 11 is 5.78. The predicted octanol–water partition coefficient (Wildman–Crippen LogP) is 3.43. The Hall–Kier alpha value is -0.530. The molecule has 1 rings (SSSR count). The van der Waals surface area contributed by atoms with Gasteiger partial charge in [-0.15, -0.1) is 0 Å². The third kappa shape index (κ3) is 3.69. The smallest absolute Gasteiger partial charge is 0.0659 e. The Morgan fingerprint density at radius 1 is 1.29 bits per heavy atom. The Morgan fingerprint density at radius 3 is 2.36 bits per heavy atom. The fourth-order valence-corrected chi connectivity index (χ4v) is 1.79. The monoisotopic (exact) mass is 212 g/mol. The lowest BCUT2D eigenvalue weighted by atomic mass is 9.92. The van der Waals surface area contributed by atoms with Gasteiger partial charge in [-0.25, -0.2) is 0 Å². The van der Waals surface area contributed by atoms with E-state index >= 15 is 0 Å². The van der Waals surface area contributed by atoms with E-state index in [9.17, 15) is 5.11 Å². The highest BCUT2D eigenvalue weighted by atomic mass is 35.5. The predicted molar refractivity (Wildman–Crippen MR) is 60.7 cm³/mol. The molecule has 0 saturated heterocycles. The third-order valence-electron chi connectivity index (χ3n) is 2.29. The van der Waals surface area contributed by atoms with Crippen molar-refractivity contribution in [2.45, 2.75) is 38.7 Å². The maximum atomic E-state index is 10.0. The number of hydrogen-bond acceptors (Lipinski definition) is 1. The Morgan fingerprint density at radius 2 is 1.86 bits per heavy atom. The van der Waals surface area contributed by atoms with Gasteiger partial charge in [0.05, 0.1) is 5.60 Å². The molecule has 1 unspecified atom stereocenters. The lowest BCUT2D eigenvalue weighted by Gasteiger charge is -2.22. The molecule has 1 atom stereocenters. The van der Waals surface area contributed by atoms with Gasteiger partial charge >= 0.3 is 0 Å². The zero-order chi connectivity index (χ0) is 10.6. The number of rotatable bonds is 4. The summed E-state index contributed by atoms with van der Waals surface area (Å²) in [6.07, 6.45) is 2.52. The van der Waals surface area contributed by atoms with Crippen LogP contribution in [0.2, 0.25) is 5.02 Å². The Labute approximate surface area is 90.7 Å². The SMILES string of the molecule is CCCC(C)(O)Cc1ccc(Cl)cc1. The Kier molecular flexibility index (Phi) is 3.97. The Bertz CT molecular complexity index is 277. The molecular weight excluding hydrogens is 196 g/mol. The van der Waals surface area contributed by atoms with Crippen LogP contribution in [0.5, 0.6) is 0 Å². The number of benzene rings is 1. The van der Waals surface area contributed by atoms with Crippen molar-refractivity contribution in [1.29, 1.82) is 0 Å². The molecule has 0 heterocycles. The zero-order valence-electron chi connectivity index (χ0n) is 8.76. The molecule has 14 heavy (non-hydrogen) atoms. The summed E-state index contributed by atoms with van der Waals surface area (Å²) in [5.41, 5.74) is 0.538. The molecule has 1 aromatic carbocycles. The molecule has 0 aliphatic heterocycles. The number of hydrogen-bond donors (Lipinski definition) is 1. The average molecular weight is 213 g/mol. The molecule has 1 aromatic rings. The molecule has 0 radical (unpaired) electrons. The van der Waals surface area contributed by atoms with E-state index in [1.807, 2.05) is 31.2 Å². The molecule has 0 aliphatic rings. The van der Waals surface area contributed by atoms with Gasteiger partial charge in [0.2, 0.25) is 0 Å². The van der Waals surface area contributed by atoms with Crippen molar-refractivity contribution in [2.75, 3.05) is 0 Å². The van der Waals surface area contributed by atoms with Crippen LogP contribution in [-0.2, 0) is 6.42 Å². The molecule has 0 saturated carbocycles. The van der Waals surface area contributed by atoms with Gasteiger partial charge in [0.1, 0.15) is 0 Å². The maximum Gasteiger partial charge on any atom is 0.0659 e. The van der Waals surface area contributed by atoms with Crippen LogP contribution in [0, 0.1) is 0 Å². The minimum Gasteiger partial charge on any atom is -0.390 e. The summed E-state index contributed by atoms with van der Waals surface area (Å²) < 4.78 is 0. The van der Waals surface area contributed by atoms with Gasteiger partial charge < -0.3 is 5.11 Å². The summed E-state index contributed by atoms with van der Waals surface area (Å²) in [6, 6.07) is 7.65. The quantitative estimate of drug-likeness (QED) is 0.811. The fraction of sp³-hybridized carbons (Fsp3) is 0.500. The molecule has 2 heteroatoms. The van der Waals surface area contributed by atoms with E-state index in [2.05, 4.69) is 6.92 Å². The van der Waals surface area contributed by atoms with E-state index in [0.717, 1.165) is 23.4 Å². The largest absolute Gasteiger partial charge is 0.390 e. The summed E-state index contributed by atoms with van der Waals surface area (Å²) in [4.78, 5) is 0. The lowest BCUT2D eigenvalue weighted by molar-refractivity contribution is 0.0505. The van der Waals surface area contributed by atoms with Crippen LogP contribution in [0.25, 0.3) is 0 Å².